The van der Waals surface area contributed by atoms with Gasteiger partial charge in [-0.15, -0.1) is 0 Å². The second kappa shape index (κ2) is 8.81. The van der Waals surface area contributed by atoms with Crippen molar-refractivity contribution < 1.29 is 29.4 Å². The number of nitrogens with one attached hydrogen (secondary N) is 2. The summed E-state index contributed by atoms with van der Waals surface area (Å²) in [4.78, 5) is 45.0. The molecule has 8 nitrogen and oxygen atoms in total. The first-order chi connectivity index (χ1) is 10.1. The Kier molecular flexibility index (Phi) is 7.85. The fraction of sp³-hybridized carbons (Fsp3) is 0.571. The van der Waals surface area contributed by atoms with E-state index >= 15 is 0 Å². The minimum Gasteiger partial charge on any atom is -0.480 e. The minimum atomic E-state index is -1.17. The van der Waals surface area contributed by atoms with Crippen molar-refractivity contribution in [1.29, 1.82) is 0 Å². The zero-order chi connectivity index (χ0) is 17.4. The fourth-order valence-electron chi connectivity index (χ4n) is 1.58. The molecule has 0 saturated carbocycles. The van der Waals surface area contributed by atoms with E-state index in [-0.39, 0.29) is 11.8 Å². The van der Waals surface area contributed by atoms with Gasteiger partial charge in [-0.05, 0) is 11.8 Å². The summed E-state index contributed by atoms with van der Waals surface area (Å²) in [6.07, 6.45) is 1.74. The second-order valence-electron chi connectivity index (χ2n) is 5.47. The summed E-state index contributed by atoms with van der Waals surface area (Å²) in [5.41, 5.74) is 0. The zero-order valence-corrected chi connectivity index (χ0v) is 13.0. The molecule has 0 aromatic rings. The highest BCUT2D eigenvalue weighted by Gasteiger charge is 2.24. The van der Waals surface area contributed by atoms with Crippen LogP contribution in [-0.4, -0.2) is 46.0 Å². The Balaban J connectivity index is 4.64. The largest absolute Gasteiger partial charge is 0.480 e. The highest BCUT2D eigenvalue weighted by molar-refractivity contribution is 5.99. The summed E-state index contributed by atoms with van der Waals surface area (Å²) in [5.74, 6) is -4.47. The second-order valence-corrected chi connectivity index (χ2v) is 5.47. The number of carbonyl (C=O) groups is 4. The summed E-state index contributed by atoms with van der Waals surface area (Å²) in [7, 11) is 0. The van der Waals surface area contributed by atoms with E-state index in [1.54, 1.807) is 27.7 Å². The van der Waals surface area contributed by atoms with Gasteiger partial charge >= 0.3 is 11.9 Å². The van der Waals surface area contributed by atoms with E-state index in [1.807, 2.05) is 0 Å². The minimum absolute atomic E-state index is 0.319. The van der Waals surface area contributed by atoms with Crippen LogP contribution in [0.5, 0.6) is 0 Å². The van der Waals surface area contributed by atoms with Crippen molar-refractivity contribution >= 4 is 23.8 Å². The molecule has 0 fully saturated rings. The monoisotopic (exact) mass is 314 g/mol. The lowest BCUT2D eigenvalue weighted by molar-refractivity contribution is -0.143. The molecule has 0 radical (unpaired) electrons. The molecule has 0 aromatic heterocycles. The summed E-state index contributed by atoms with van der Waals surface area (Å²) in [5, 5.41) is 22.4. The predicted molar refractivity (Wildman–Crippen MR) is 77.9 cm³/mol. The lowest BCUT2D eigenvalue weighted by Crippen LogP contribution is -2.44. The summed E-state index contributed by atoms with van der Waals surface area (Å²) < 4.78 is 0. The van der Waals surface area contributed by atoms with Gasteiger partial charge in [-0.2, -0.15) is 0 Å². The quantitative estimate of drug-likeness (QED) is 0.466. The lowest BCUT2D eigenvalue weighted by Gasteiger charge is -2.17. The molecule has 0 spiro atoms. The first-order valence-corrected chi connectivity index (χ1v) is 6.81. The molecular formula is C14H22N2O6. The van der Waals surface area contributed by atoms with Gasteiger partial charge in [0.2, 0.25) is 11.8 Å². The van der Waals surface area contributed by atoms with Gasteiger partial charge < -0.3 is 20.8 Å². The Bertz CT molecular complexity index is 428. The van der Waals surface area contributed by atoms with Crippen molar-refractivity contribution in [3.63, 3.8) is 0 Å². The van der Waals surface area contributed by atoms with Gasteiger partial charge in [-0.3, -0.25) is 9.59 Å². The number of aliphatic carboxylic acids is 2. The van der Waals surface area contributed by atoms with Crippen LogP contribution in [0.4, 0.5) is 0 Å². The number of carboxylic acid groups (broad SMARTS) is 2. The van der Waals surface area contributed by atoms with Crippen molar-refractivity contribution in [3.8, 4) is 0 Å². The molecule has 2 unspecified atom stereocenters. The van der Waals surface area contributed by atoms with Crippen LogP contribution in [0.1, 0.15) is 27.7 Å². The van der Waals surface area contributed by atoms with Crippen molar-refractivity contribution in [2.75, 3.05) is 0 Å². The molecule has 0 rings (SSSR count). The standard InChI is InChI=1S/C14H22N2O6/c1-7(2)11(13(19)20)15-9(17)5-6-10(18)16-12(8(3)4)14(21)22/h5-8,11-12H,1-4H3,(H,15,17)(H,16,18)(H,19,20)(H,21,22)/b6-5-. The molecule has 0 aliphatic heterocycles. The van der Waals surface area contributed by atoms with Crippen LogP contribution in [0.2, 0.25) is 0 Å². The summed E-state index contributed by atoms with van der Waals surface area (Å²) >= 11 is 0. The van der Waals surface area contributed by atoms with Gasteiger partial charge in [0, 0.05) is 12.2 Å². The zero-order valence-electron chi connectivity index (χ0n) is 13.0. The van der Waals surface area contributed by atoms with Gasteiger partial charge in [-0.25, -0.2) is 9.59 Å². The molecule has 22 heavy (non-hydrogen) atoms. The number of rotatable bonds is 8. The average Bonchev–Trinajstić information content (AvgIpc) is 2.38. The van der Waals surface area contributed by atoms with Crippen LogP contribution in [0.3, 0.4) is 0 Å². The Morgan fingerprint density at radius 3 is 1.18 bits per heavy atom. The molecule has 0 aliphatic rings. The molecule has 2 amide bonds. The van der Waals surface area contributed by atoms with Crippen LogP contribution in [0.25, 0.3) is 0 Å². The molecule has 0 saturated heterocycles. The van der Waals surface area contributed by atoms with Crippen molar-refractivity contribution in [3.05, 3.63) is 12.2 Å². The van der Waals surface area contributed by atoms with Crippen molar-refractivity contribution in [2.24, 2.45) is 11.8 Å². The molecule has 0 bridgehead atoms. The molecule has 0 heterocycles. The van der Waals surface area contributed by atoms with E-state index in [1.165, 1.54) is 0 Å². The smallest absolute Gasteiger partial charge is 0.326 e. The average molecular weight is 314 g/mol. The van der Waals surface area contributed by atoms with Gasteiger partial charge in [0.1, 0.15) is 12.1 Å². The van der Waals surface area contributed by atoms with Crippen molar-refractivity contribution in [2.45, 2.75) is 39.8 Å². The first kappa shape index (κ1) is 19.6. The van der Waals surface area contributed by atoms with E-state index in [9.17, 15) is 19.2 Å². The number of carbonyl (C=O) groups excluding carboxylic acids is 2. The molecule has 4 N–H and O–H groups in total. The van der Waals surface area contributed by atoms with E-state index < -0.39 is 35.8 Å². The van der Waals surface area contributed by atoms with Crippen LogP contribution < -0.4 is 10.6 Å². The Morgan fingerprint density at radius 1 is 0.727 bits per heavy atom. The van der Waals surface area contributed by atoms with E-state index in [0.717, 1.165) is 12.2 Å². The van der Waals surface area contributed by atoms with E-state index in [2.05, 4.69) is 10.6 Å². The topological polar surface area (TPSA) is 133 Å². The number of hydrogen-bond acceptors (Lipinski definition) is 4. The maximum Gasteiger partial charge on any atom is 0.326 e. The first-order valence-electron chi connectivity index (χ1n) is 6.81. The molecule has 8 heteroatoms. The number of hydrogen-bond donors (Lipinski definition) is 4. The Labute approximate surface area is 128 Å². The predicted octanol–water partition coefficient (Wildman–Crippen LogP) is -0.00660. The third-order valence-corrected chi connectivity index (χ3v) is 2.85. The van der Waals surface area contributed by atoms with Crippen LogP contribution in [-0.2, 0) is 19.2 Å². The third kappa shape index (κ3) is 6.87. The van der Waals surface area contributed by atoms with Gasteiger partial charge in [0.25, 0.3) is 0 Å². The van der Waals surface area contributed by atoms with Gasteiger partial charge in [0.15, 0.2) is 0 Å². The summed E-state index contributed by atoms with van der Waals surface area (Å²) in [6, 6.07) is -2.13. The molecule has 2 atom stereocenters. The highest BCUT2D eigenvalue weighted by atomic mass is 16.4. The van der Waals surface area contributed by atoms with Crippen LogP contribution in [0, 0.1) is 11.8 Å². The maximum atomic E-state index is 11.6. The van der Waals surface area contributed by atoms with Crippen LogP contribution in [0.15, 0.2) is 12.2 Å². The molecule has 124 valence electrons. The van der Waals surface area contributed by atoms with E-state index in [4.69, 9.17) is 10.2 Å². The highest BCUT2D eigenvalue weighted by Crippen LogP contribution is 2.02. The fourth-order valence-corrected chi connectivity index (χ4v) is 1.58. The number of carboxylic acids is 2. The molecule has 0 aliphatic carbocycles. The maximum absolute atomic E-state index is 11.6. The van der Waals surface area contributed by atoms with Gasteiger partial charge in [0.05, 0.1) is 0 Å². The number of amides is 2. The molecule has 0 aromatic carbocycles. The van der Waals surface area contributed by atoms with Crippen LogP contribution >= 0.6 is 0 Å². The Hall–Kier alpha value is -2.38. The van der Waals surface area contributed by atoms with E-state index in [0.29, 0.717) is 0 Å². The SMILES string of the molecule is CC(C)C(NC(=O)/C=C\C(=O)NC(C(=O)O)C(C)C)C(=O)O. The van der Waals surface area contributed by atoms with Crippen molar-refractivity contribution in [1.82, 2.24) is 10.6 Å². The summed E-state index contributed by atoms with van der Waals surface area (Å²) in [6.45, 7) is 6.54. The third-order valence-electron chi connectivity index (χ3n) is 2.85. The van der Waals surface area contributed by atoms with Gasteiger partial charge in [-0.1, -0.05) is 27.7 Å². The molecular weight excluding hydrogens is 292 g/mol. The lowest BCUT2D eigenvalue weighted by atomic mass is 10.0. The Morgan fingerprint density at radius 2 is 1.00 bits per heavy atom. The normalized spacial score (nSPS) is 13.9.